The van der Waals surface area contributed by atoms with Crippen LogP contribution in [-0.2, 0) is 16.4 Å². The Bertz CT molecular complexity index is 1500. The molecule has 2 aromatic heterocycles. The number of sulfonamides is 1. The summed E-state index contributed by atoms with van der Waals surface area (Å²) in [6.45, 7) is 9.52. The molecule has 0 aliphatic carbocycles. The van der Waals surface area contributed by atoms with Gasteiger partial charge >= 0.3 is 0 Å². The summed E-state index contributed by atoms with van der Waals surface area (Å²) in [4.78, 5) is 12.1. The molecule has 1 aliphatic heterocycles. The molecule has 0 unspecified atom stereocenters. The quantitative estimate of drug-likeness (QED) is 0.296. The van der Waals surface area contributed by atoms with E-state index in [1.54, 1.807) is 29.5 Å². The molecule has 9 heteroatoms. The van der Waals surface area contributed by atoms with Gasteiger partial charge in [-0.05, 0) is 82.1 Å². The number of benzene rings is 2. The minimum atomic E-state index is -3.64. The van der Waals surface area contributed by atoms with Crippen LogP contribution in [0.5, 0.6) is 5.75 Å². The topological polar surface area (TPSA) is 84.4 Å². The number of fused-ring (bicyclic) bond motifs is 1. The van der Waals surface area contributed by atoms with E-state index >= 15 is 0 Å². The van der Waals surface area contributed by atoms with Crippen LogP contribution in [0.15, 0.2) is 65.0 Å². The molecule has 200 valence electrons. The Hall–Kier alpha value is -2.85. The highest BCUT2D eigenvalue weighted by Gasteiger charge is 2.22. The van der Waals surface area contributed by atoms with E-state index in [-0.39, 0.29) is 4.90 Å². The van der Waals surface area contributed by atoms with Crippen LogP contribution in [0, 0.1) is 0 Å². The lowest BCUT2D eigenvalue weighted by Crippen LogP contribution is -2.40. The number of aromatic nitrogens is 2. The number of hydrogen-bond acceptors (Lipinski definition) is 7. The maximum atomic E-state index is 12.9. The minimum absolute atomic E-state index is 0.237. The van der Waals surface area contributed by atoms with E-state index in [0.717, 1.165) is 45.0 Å². The average molecular weight is 551 g/mol. The summed E-state index contributed by atoms with van der Waals surface area (Å²) >= 11 is 1.56. The third-order valence-corrected chi connectivity index (χ3v) is 9.08. The highest BCUT2D eigenvalue weighted by Crippen LogP contribution is 2.33. The van der Waals surface area contributed by atoms with Crippen molar-refractivity contribution in [2.45, 2.75) is 50.5 Å². The van der Waals surface area contributed by atoms with Gasteiger partial charge in [0.25, 0.3) is 0 Å². The summed E-state index contributed by atoms with van der Waals surface area (Å²) in [7, 11) is -3.64. The third kappa shape index (κ3) is 6.58. The third-order valence-electron chi connectivity index (χ3n) is 6.42. The van der Waals surface area contributed by atoms with Crippen LogP contribution < -0.4 is 9.46 Å². The van der Waals surface area contributed by atoms with Crippen molar-refractivity contribution in [1.29, 1.82) is 0 Å². The molecule has 1 fully saturated rings. The van der Waals surface area contributed by atoms with E-state index in [1.165, 1.54) is 25.9 Å². The molecule has 0 spiro atoms. The number of likely N-dealkylation sites (tertiary alicyclic amines) is 1. The lowest BCUT2D eigenvalue weighted by molar-refractivity contribution is 0.238. The van der Waals surface area contributed by atoms with Gasteiger partial charge in [-0.3, -0.25) is 4.90 Å². The molecule has 1 aliphatic rings. The second-order valence-electron chi connectivity index (χ2n) is 10.7. The van der Waals surface area contributed by atoms with Gasteiger partial charge in [-0.1, -0.05) is 24.3 Å². The Balaban J connectivity index is 1.31. The molecule has 2 aromatic carbocycles. The van der Waals surface area contributed by atoms with Crippen molar-refractivity contribution in [2.75, 3.05) is 26.2 Å². The van der Waals surface area contributed by atoms with Crippen LogP contribution in [0.2, 0.25) is 0 Å². The first kappa shape index (κ1) is 26.7. The molecule has 4 aromatic rings. The summed E-state index contributed by atoms with van der Waals surface area (Å²) < 4.78 is 35.4. The molecular formula is C29H34N4O3S2. The van der Waals surface area contributed by atoms with E-state index in [2.05, 4.69) is 26.7 Å². The van der Waals surface area contributed by atoms with E-state index in [0.29, 0.717) is 13.0 Å². The molecule has 0 amide bonds. The van der Waals surface area contributed by atoms with Crippen LogP contribution in [0.4, 0.5) is 0 Å². The van der Waals surface area contributed by atoms with Gasteiger partial charge < -0.3 is 4.74 Å². The highest BCUT2D eigenvalue weighted by molar-refractivity contribution is 7.89. The monoisotopic (exact) mass is 550 g/mol. The molecule has 1 saturated heterocycles. The first-order chi connectivity index (χ1) is 18.2. The first-order valence-corrected chi connectivity index (χ1v) is 15.3. The summed E-state index contributed by atoms with van der Waals surface area (Å²) in [5.74, 6) is 1.60. The molecular weight excluding hydrogens is 516 g/mol. The molecule has 7 nitrogen and oxygen atoms in total. The van der Waals surface area contributed by atoms with E-state index in [9.17, 15) is 8.42 Å². The molecule has 0 saturated carbocycles. The van der Waals surface area contributed by atoms with Crippen LogP contribution in [0.25, 0.3) is 21.3 Å². The lowest BCUT2D eigenvalue weighted by Gasteiger charge is -2.20. The van der Waals surface area contributed by atoms with E-state index in [1.807, 2.05) is 50.5 Å². The van der Waals surface area contributed by atoms with Crippen molar-refractivity contribution in [3.8, 4) is 16.9 Å². The van der Waals surface area contributed by atoms with Gasteiger partial charge in [-0.15, -0.1) is 11.3 Å². The summed E-state index contributed by atoms with van der Waals surface area (Å²) in [5, 5.41) is 2.01. The zero-order valence-corrected chi connectivity index (χ0v) is 23.7. The van der Waals surface area contributed by atoms with Crippen LogP contribution >= 0.6 is 11.3 Å². The molecule has 38 heavy (non-hydrogen) atoms. The van der Waals surface area contributed by atoms with Crippen molar-refractivity contribution < 1.29 is 13.2 Å². The molecule has 0 radical (unpaired) electrons. The van der Waals surface area contributed by atoms with E-state index in [4.69, 9.17) is 9.72 Å². The Morgan fingerprint density at radius 2 is 1.84 bits per heavy atom. The van der Waals surface area contributed by atoms with Gasteiger partial charge in [-0.2, -0.15) is 0 Å². The average Bonchev–Trinajstić information content (AvgIpc) is 3.54. The Morgan fingerprint density at radius 1 is 1.08 bits per heavy atom. The van der Waals surface area contributed by atoms with Crippen molar-refractivity contribution >= 4 is 31.6 Å². The van der Waals surface area contributed by atoms with Gasteiger partial charge in [0.15, 0.2) is 0 Å². The fraction of sp³-hybridized carbons (Fsp3) is 0.379. The number of thiophene rings is 1. The predicted octanol–water partition coefficient (Wildman–Crippen LogP) is 5.50. The predicted molar refractivity (Wildman–Crippen MR) is 153 cm³/mol. The van der Waals surface area contributed by atoms with Crippen molar-refractivity contribution in [2.24, 2.45) is 0 Å². The summed E-state index contributed by atoms with van der Waals surface area (Å²) in [6.07, 6.45) is 5.03. The number of nitrogens with one attached hydrogen (secondary N) is 1. The van der Waals surface area contributed by atoms with Crippen LogP contribution in [0.3, 0.4) is 0 Å². The molecule has 0 bridgehead atoms. The molecule has 5 rings (SSSR count). The van der Waals surface area contributed by atoms with Crippen LogP contribution in [-0.4, -0.2) is 55.1 Å². The lowest BCUT2D eigenvalue weighted by atomic mass is 10.1. The van der Waals surface area contributed by atoms with Crippen molar-refractivity contribution in [3.05, 3.63) is 71.5 Å². The smallest absolute Gasteiger partial charge is 0.241 e. The summed E-state index contributed by atoms with van der Waals surface area (Å²) in [6, 6.07) is 15.1. The first-order valence-electron chi connectivity index (χ1n) is 13.0. The van der Waals surface area contributed by atoms with Gasteiger partial charge in [0.1, 0.15) is 18.2 Å². The van der Waals surface area contributed by atoms with Gasteiger partial charge in [-0.25, -0.2) is 23.1 Å². The second kappa shape index (κ2) is 11.1. The second-order valence-corrected chi connectivity index (χ2v) is 13.3. The molecule has 0 atom stereocenters. The number of hydrogen-bond donors (Lipinski definition) is 1. The SMILES string of the molecule is CC(C)(C)NS(=O)(=O)c1cccc(-c2csc3cnc(Cc4ccc(OCCN5CCCC5)cc4)nc23)c1. The normalized spacial score (nSPS) is 14.8. The molecule has 3 heterocycles. The largest absolute Gasteiger partial charge is 0.492 e. The minimum Gasteiger partial charge on any atom is -0.492 e. The maximum absolute atomic E-state index is 12.9. The number of ether oxygens (including phenoxy) is 1. The Kier molecular flexibility index (Phi) is 7.81. The zero-order valence-electron chi connectivity index (χ0n) is 22.1. The number of nitrogens with zero attached hydrogens (tertiary/aromatic N) is 3. The van der Waals surface area contributed by atoms with Crippen molar-refractivity contribution in [1.82, 2.24) is 19.6 Å². The van der Waals surface area contributed by atoms with Gasteiger partial charge in [0, 0.05) is 35.6 Å². The highest BCUT2D eigenvalue weighted by atomic mass is 32.2. The number of rotatable bonds is 9. The summed E-state index contributed by atoms with van der Waals surface area (Å²) in [5.41, 5.74) is 3.09. The van der Waals surface area contributed by atoms with Gasteiger partial charge in [0.05, 0.1) is 15.1 Å². The molecule has 1 N–H and O–H groups in total. The van der Waals surface area contributed by atoms with E-state index < -0.39 is 15.6 Å². The fourth-order valence-corrected chi connectivity index (χ4v) is 6.97. The van der Waals surface area contributed by atoms with Crippen molar-refractivity contribution in [3.63, 3.8) is 0 Å². The zero-order chi connectivity index (χ0) is 26.8. The fourth-order valence-electron chi connectivity index (χ4n) is 4.63. The van der Waals surface area contributed by atoms with Crippen LogP contribution in [0.1, 0.15) is 45.0 Å². The Morgan fingerprint density at radius 3 is 2.58 bits per heavy atom. The Labute approximate surface area is 228 Å². The standard InChI is InChI=1S/C29H34N4O3S2/c1-29(2,3)32-38(34,35)24-8-6-7-22(18-24)25-20-37-26-19-30-27(31-28(25)26)17-21-9-11-23(12-10-21)36-16-15-33-13-4-5-14-33/h6-12,18-20,32H,4-5,13-17H2,1-3H3. The van der Waals surface area contributed by atoms with Gasteiger partial charge in [0.2, 0.25) is 10.0 Å². The maximum Gasteiger partial charge on any atom is 0.241 e.